The molecule has 1 heterocycles. The van der Waals surface area contributed by atoms with Crippen LogP contribution in [0.1, 0.15) is 33.9 Å². The molecule has 1 unspecified atom stereocenters. The third-order valence-electron chi connectivity index (χ3n) is 5.64. The highest BCUT2D eigenvalue weighted by Gasteiger charge is 2.34. The number of hydrogen-bond acceptors (Lipinski definition) is 6. The predicted octanol–water partition coefficient (Wildman–Crippen LogP) is 4.71. The van der Waals surface area contributed by atoms with Crippen molar-refractivity contribution >= 4 is 11.6 Å². The minimum absolute atomic E-state index is 0.241. The SMILES string of the molecule is COc1ccc(C2=NN(C(=O)c3cc(OC)c(OC)c(OC)c3)C(c3ccccc3)C2)cc1. The van der Waals surface area contributed by atoms with Crippen molar-refractivity contribution in [3.63, 3.8) is 0 Å². The highest BCUT2D eigenvalue weighted by Crippen LogP contribution is 2.40. The zero-order valence-electron chi connectivity index (χ0n) is 19.1. The van der Waals surface area contributed by atoms with Crippen LogP contribution in [0.4, 0.5) is 0 Å². The molecule has 1 amide bonds. The maximum atomic E-state index is 13.7. The normalized spacial score (nSPS) is 15.1. The average molecular weight is 447 g/mol. The van der Waals surface area contributed by atoms with Gasteiger partial charge in [-0.2, -0.15) is 5.10 Å². The van der Waals surface area contributed by atoms with Crippen LogP contribution in [-0.4, -0.2) is 45.1 Å². The first-order valence-corrected chi connectivity index (χ1v) is 10.5. The Hall–Kier alpha value is -4.00. The van der Waals surface area contributed by atoms with Gasteiger partial charge in [0.05, 0.1) is 40.2 Å². The van der Waals surface area contributed by atoms with Crippen LogP contribution in [0.25, 0.3) is 0 Å². The maximum Gasteiger partial charge on any atom is 0.274 e. The van der Waals surface area contributed by atoms with Crippen molar-refractivity contribution in [2.24, 2.45) is 5.10 Å². The molecule has 0 saturated carbocycles. The first kappa shape index (κ1) is 22.2. The summed E-state index contributed by atoms with van der Waals surface area (Å²) in [6.07, 6.45) is 0.590. The second kappa shape index (κ2) is 9.65. The summed E-state index contributed by atoms with van der Waals surface area (Å²) >= 11 is 0. The molecule has 7 nitrogen and oxygen atoms in total. The summed E-state index contributed by atoms with van der Waals surface area (Å²) in [6.45, 7) is 0. The molecule has 0 saturated heterocycles. The molecule has 1 atom stereocenters. The smallest absolute Gasteiger partial charge is 0.274 e. The molecule has 0 radical (unpaired) electrons. The van der Waals surface area contributed by atoms with Crippen molar-refractivity contribution in [2.75, 3.05) is 28.4 Å². The lowest BCUT2D eigenvalue weighted by Gasteiger charge is -2.23. The van der Waals surface area contributed by atoms with E-state index >= 15 is 0 Å². The second-order valence-corrected chi connectivity index (χ2v) is 7.47. The lowest BCUT2D eigenvalue weighted by atomic mass is 9.98. The van der Waals surface area contributed by atoms with Gasteiger partial charge in [-0.1, -0.05) is 30.3 Å². The van der Waals surface area contributed by atoms with E-state index in [4.69, 9.17) is 24.0 Å². The second-order valence-electron chi connectivity index (χ2n) is 7.47. The van der Waals surface area contributed by atoms with Gasteiger partial charge in [0.25, 0.3) is 5.91 Å². The van der Waals surface area contributed by atoms with Gasteiger partial charge in [-0.3, -0.25) is 4.79 Å². The third kappa shape index (κ3) is 4.35. The number of ether oxygens (including phenoxy) is 4. The number of hydrogen-bond donors (Lipinski definition) is 0. The quantitative estimate of drug-likeness (QED) is 0.526. The van der Waals surface area contributed by atoms with Crippen LogP contribution in [0.5, 0.6) is 23.0 Å². The molecule has 0 bridgehead atoms. The summed E-state index contributed by atoms with van der Waals surface area (Å²) in [6, 6.07) is 20.6. The van der Waals surface area contributed by atoms with Gasteiger partial charge >= 0.3 is 0 Å². The molecular formula is C26H26N2O5. The van der Waals surface area contributed by atoms with Crippen LogP contribution in [0.2, 0.25) is 0 Å². The fourth-order valence-electron chi connectivity index (χ4n) is 3.93. The summed E-state index contributed by atoms with van der Waals surface area (Å²) in [5, 5.41) is 6.29. The Morgan fingerprint density at radius 2 is 1.48 bits per heavy atom. The Kier molecular flexibility index (Phi) is 6.49. The van der Waals surface area contributed by atoms with Gasteiger partial charge in [0, 0.05) is 12.0 Å². The molecule has 4 rings (SSSR count). The minimum atomic E-state index is -0.258. The fraction of sp³-hybridized carbons (Fsp3) is 0.231. The van der Waals surface area contributed by atoms with Crippen LogP contribution in [-0.2, 0) is 0 Å². The topological polar surface area (TPSA) is 69.6 Å². The predicted molar refractivity (Wildman–Crippen MR) is 126 cm³/mol. The summed E-state index contributed by atoms with van der Waals surface area (Å²) in [7, 11) is 6.20. The lowest BCUT2D eigenvalue weighted by Crippen LogP contribution is -2.27. The van der Waals surface area contributed by atoms with Crippen molar-refractivity contribution in [3.05, 3.63) is 83.4 Å². The Labute approximate surface area is 193 Å². The van der Waals surface area contributed by atoms with Crippen molar-refractivity contribution < 1.29 is 23.7 Å². The van der Waals surface area contributed by atoms with E-state index in [2.05, 4.69) is 0 Å². The lowest BCUT2D eigenvalue weighted by molar-refractivity contribution is 0.0710. The molecule has 0 aromatic heterocycles. The number of carbonyl (C=O) groups is 1. The minimum Gasteiger partial charge on any atom is -0.497 e. The van der Waals surface area contributed by atoms with E-state index in [9.17, 15) is 4.79 Å². The summed E-state index contributed by atoms with van der Waals surface area (Å²) in [5.74, 6) is 1.76. The Bertz CT molecular complexity index is 1130. The fourth-order valence-corrected chi connectivity index (χ4v) is 3.93. The summed E-state index contributed by atoms with van der Waals surface area (Å²) < 4.78 is 21.5. The van der Waals surface area contributed by atoms with Crippen molar-refractivity contribution in [1.29, 1.82) is 0 Å². The third-order valence-corrected chi connectivity index (χ3v) is 5.64. The molecule has 33 heavy (non-hydrogen) atoms. The van der Waals surface area contributed by atoms with E-state index in [1.807, 2.05) is 54.6 Å². The molecule has 1 aliphatic rings. The van der Waals surface area contributed by atoms with Crippen LogP contribution in [0.3, 0.4) is 0 Å². The van der Waals surface area contributed by atoms with Crippen molar-refractivity contribution in [3.8, 4) is 23.0 Å². The number of amides is 1. The number of rotatable bonds is 7. The monoisotopic (exact) mass is 446 g/mol. The first-order chi connectivity index (χ1) is 16.1. The molecule has 3 aromatic carbocycles. The van der Waals surface area contributed by atoms with Crippen LogP contribution >= 0.6 is 0 Å². The largest absolute Gasteiger partial charge is 0.497 e. The molecule has 0 N–H and O–H groups in total. The molecule has 1 aliphatic heterocycles. The average Bonchev–Trinajstić information content (AvgIpc) is 3.33. The molecule has 0 spiro atoms. The number of nitrogens with zero attached hydrogens (tertiary/aromatic N) is 2. The standard InChI is InChI=1S/C26H26N2O5/c1-30-20-12-10-17(11-13-20)21-16-22(18-8-6-5-7-9-18)28(27-21)26(29)19-14-23(31-2)25(33-4)24(15-19)32-3/h5-15,22H,16H2,1-4H3. The van der Waals surface area contributed by atoms with Crippen LogP contribution in [0.15, 0.2) is 71.8 Å². The van der Waals surface area contributed by atoms with E-state index in [-0.39, 0.29) is 11.9 Å². The van der Waals surface area contributed by atoms with Gasteiger partial charge in [0.2, 0.25) is 5.75 Å². The van der Waals surface area contributed by atoms with E-state index in [0.29, 0.717) is 29.2 Å². The Balaban J connectivity index is 1.75. The Morgan fingerprint density at radius 1 is 0.848 bits per heavy atom. The summed E-state index contributed by atoms with van der Waals surface area (Å²) in [4.78, 5) is 13.7. The van der Waals surface area contributed by atoms with E-state index in [1.165, 1.54) is 26.3 Å². The van der Waals surface area contributed by atoms with Crippen LogP contribution in [0, 0.1) is 0 Å². The van der Waals surface area contributed by atoms with Gasteiger partial charge in [0.1, 0.15) is 5.75 Å². The van der Waals surface area contributed by atoms with E-state index in [0.717, 1.165) is 22.6 Å². The molecule has 170 valence electrons. The molecule has 0 fully saturated rings. The number of hydrazone groups is 1. The number of methoxy groups -OCH3 is 4. The molecule has 0 aliphatic carbocycles. The van der Waals surface area contributed by atoms with Gasteiger partial charge < -0.3 is 18.9 Å². The van der Waals surface area contributed by atoms with Gasteiger partial charge in [0.15, 0.2) is 11.5 Å². The molecule has 7 heteroatoms. The highest BCUT2D eigenvalue weighted by molar-refractivity contribution is 6.05. The Morgan fingerprint density at radius 3 is 2.03 bits per heavy atom. The van der Waals surface area contributed by atoms with Gasteiger partial charge in [-0.05, 0) is 47.5 Å². The van der Waals surface area contributed by atoms with Gasteiger partial charge in [-0.25, -0.2) is 5.01 Å². The van der Waals surface area contributed by atoms with Crippen LogP contribution < -0.4 is 18.9 Å². The zero-order valence-corrected chi connectivity index (χ0v) is 19.1. The van der Waals surface area contributed by atoms with Crippen molar-refractivity contribution in [1.82, 2.24) is 5.01 Å². The zero-order chi connectivity index (χ0) is 23.4. The van der Waals surface area contributed by atoms with Gasteiger partial charge in [-0.15, -0.1) is 0 Å². The number of benzene rings is 3. The van der Waals surface area contributed by atoms with E-state index in [1.54, 1.807) is 19.2 Å². The maximum absolute atomic E-state index is 13.7. The van der Waals surface area contributed by atoms with E-state index < -0.39 is 0 Å². The molecular weight excluding hydrogens is 420 g/mol. The van der Waals surface area contributed by atoms with Crippen molar-refractivity contribution in [2.45, 2.75) is 12.5 Å². The molecule has 3 aromatic rings. The summed E-state index contributed by atoms with van der Waals surface area (Å²) in [5.41, 5.74) is 3.17. The first-order valence-electron chi connectivity index (χ1n) is 10.5. The number of carbonyl (C=O) groups excluding carboxylic acids is 1. The highest BCUT2D eigenvalue weighted by atomic mass is 16.5.